The lowest BCUT2D eigenvalue weighted by Crippen LogP contribution is -2.40. The summed E-state index contributed by atoms with van der Waals surface area (Å²) in [6.07, 6.45) is 5.49. The topological polar surface area (TPSA) is 91.3 Å². The number of carbonyl (C=O) groups excluding carboxylic acids is 1. The molecule has 2 rings (SSSR count). The first-order valence-electron chi connectivity index (χ1n) is 5.91. The van der Waals surface area contributed by atoms with Gasteiger partial charge in [0.1, 0.15) is 5.01 Å². The van der Waals surface area contributed by atoms with E-state index in [1.54, 1.807) is 18.3 Å². The van der Waals surface area contributed by atoms with Crippen molar-refractivity contribution >= 4 is 23.3 Å². The maximum Gasteiger partial charge on any atom is 0.315 e. The predicted molar refractivity (Wildman–Crippen MR) is 70.9 cm³/mol. The molecule has 2 amide bonds. The number of urea groups is 1. The van der Waals surface area contributed by atoms with Crippen LogP contribution < -0.4 is 10.6 Å². The molecule has 102 valence electrons. The minimum atomic E-state index is -0.862. The van der Waals surface area contributed by atoms with Crippen LogP contribution in [0.3, 0.4) is 0 Å². The quantitative estimate of drug-likeness (QED) is 0.725. The molecule has 0 aliphatic heterocycles. The molecular formula is C12H15N3O3S. The number of aliphatic carboxylic acids is 1. The predicted octanol–water partition coefficient (Wildman–Crippen LogP) is 1.28. The summed E-state index contributed by atoms with van der Waals surface area (Å²) >= 11 is 1.53. The second-order valence-electron chi connectivity index (χ2n) is 4.36. The average molecular weight is 281 g/mol. The van der Waals surface area contributed by atoms with Gasteiger partial charge in [-0.2, -0.15) is 0 Å². The number of amides is 2. The third-order valence-corrected chi connectivity index (χ3v) is 3.70. The van der Waals surface area contributed by atoms with Gasteiger partial charge in [0.05, 0.1) is 18.5 Å². The number of carboxylic acid groups (broad SMARTS) is 1. The molecule has 1 aromatic rings. The van der Waals surface area contributed by atoms with Crippen molar-refractivity contribution in [1.82, 2.24) is 15.6 Å². The van der Waals surface area contributed by atoms with Crippen molar-refractivity contribution < 1.29 is 14.7 Å². The Bertz CT molecular complexity index is 512. The third kappa shape index (κ3) is 3.78. The number of aromatic nitrogens is 1. The highest BCUT2D eigenvalue weighted by Gasteiger charge is 2.25. The van der Waals surface area contributed by atoms with Gasteiger partial charge < -0.3 is 15.7 Å². The highest BCUT2D eigenvalue weighted by molar-refractivity contribution is 7.11. The van der Waals surface area contributed by atoms with E-state index in [0.717, 1.165) is 9.88 Å². The number of thiazole rings is 1. The van der Waals surface area contributed by atoms with Gasteiger partial charge in [-0.15, -0.1) is 11.3 Å². The molecule has 2 unspecified atom stereocenters. The van der Waals surface area contributed by atoms with Gasteiger partial charge in [-0.1, -0.05) is 12.2 Å². The van der Waals surface area contributed by atoms with Crippen molar-refractivity contribution in [1.29, 1.82) is 0 Å². The van der Waals surface area contributed by atoms with Crippen molar-refractivity contribution in [2.45, 2.75) is 25.9 Å². The van der Waals surface area contributed by atoms with E-state index >= 15 is 0 Å². The molecule has 0 radical (unpaired) electrons. The number of nitrogens with one attached hydrogen (secondary N) is 2. The second kappa shape index (κ2) is 5.83. The molecule has 7 heteroatoms. The van der Waals surface area contributed by atoms with E-state index in [1.807, 2.05) is 6.92 Å². The number of rotatable bonds is 4. The van der Waals surface area contributed by atoms with Crippen molar-refractivity contribution in [2.24, 2.45) is 5.92 Å². The molecule has 0 fully saturated rings. The van der Waals surface area contributed by atoms with Crippen LogP contribution in [0.4, 0.5) is 4.79 Å². The number of nitrogens with zero attached hydrogens (tertiary/aromatic N) is 1. The molecule has 2 atom stereocenters. The zero-order valence-electron chi connectivity index (χ0n) is 10.4. The van der Waals surface area contributed by atoms with E-state index in [4.69, 9.17) is 5.11 Å². The van der Waals surface area contributed by atoms with E-state index in [9.17, 15) is 9.59 Å². The summed E-state index contributed by atoms with van der Waals surface area (Å²) in [5.41, 5.74) is 0. The molecule has 6 nitrogen and oxygen atoms in total. The molecule has 0 bridgehead atoms. The number of hydrogen-bond donors (Lipinski definition) is 3. The van der Waals surface area contributed by atoms with Gasteiger partial charge in [0, 0.05) is 11.1 Å². The first-order valence-corrected chi connectivity index (χ1v) is 6.73. The van der Waals surface area contributed by atoms with Crippen LogP contribution in [0, 0.1) is 12.8 Å². The van der Waals surface area contributed by atoms with Gasteiger partial charge >= 0.3 is 12.0 Å². The van der Waals surface area contributed by atoms with Crippen LogP contribution in [-0.2, 0) is 11.3 Å². The molecule has 0 aromatic carbocycles. The van der Waals surface area contributed by atoms with Crippen LogP contribution >= 0.6 is 11.3 Å². The summed E-state index contributed by atoms with van der Waals surface area (Å²) in [6.45, 7) is 2.33. The van der Waals surface area contributed by atoms with Crippen LogP contribution in [0.5, 0.6) is 0 Å². The fourth-order valence-electron chi connectivity index (χ4n) is 1.85. The molecule has 1 heterocycles. The van der Waals surface area contributed by atoms with Crippen molar-refractivity contribution in [2.75, 3.05) is 0 Å². The molecule has 1 aromatic heterocycles. The van der Waals surface area contributed by atoms with E-state index < -0.39 is 11.9 Å². The van der Waals surface area contributed by atoms with Gasteiger partial charge in [0.2, 0.25) is 0 Å². The van der Waals surface area contributed by atoms with E-state index in [1.165, 1.54) is 11.3 Å². The highest BCUT2D eigenvalue weighted by Crippen LogP contribution is 2.17. The van der Waals surface area contributed by atoms with Crippen LogP contribution in [0.25, 0.3) is 0 Å². The summed E-state index contributed by atoms with van der Waals surface area (Å²) < 4.78 is 0. The normalized spacial score (nSPS) is 21.3. The molecule has 19 heavy (non-hydrogen) atoms. The lowest BCUT2D eigenvalue weighted by atomic mass is 10.1. The largest absolute Gasteiger partial charge is 0.481 e. The molecule has 1 aliphatic carbocycles. The average Bonchev–Trinajstić information content (AvgIpc) is 2.96. The Morgan fingerprint density at radius 1 is 1.53 bits per heavy atom. The maximum atomic E-state index is 11.6. The number of hydrogen-bond acceptors (Lipinski definition) is 4. The van der Waals surface area contributed by atoms with Crippen molar-refractivity contribution in [3.63, 3.8) is 0 Å². The highest BCUT2D eigenvalue weighted by atomic mass is 32.1. The Morgan fingerprint density at radius 2 is 2.32 bits per heavy atom. The summed E-state index contributed by atoms with van der Waals surface area (Å²) in [4.78, 5) is 27.6. The zero-order valence-corrected chi connectivity index (χ0v) is 11.2. The maximum absolute atomic E-state index is 11.6. The first kappa shape index (κ1) is 13.5. The third-order valence-electron chi connectivity index (χ3n) is 2.79. The Labute approximate surface area is 114 Å². The summed E-state index contributed by atoms with van der Waals surface area (Å²) in [5, 5.41) is 15.1. The number of carbonyl (C=O) groups is 2. The SMILES string of the molecule is Cc1cnc(CNC(=O)NC2C=CC(C(=O)O)C2)s1. The fraction of sp³-hybridized carbons (Fsp3) is 0.417. The Kier molecular flexibility index (Phi) is 4.16. The van der Waals surface area contributed by atoms with Gasteiger partial charge in [-0.25, -0.2) is 9.78 Å². The van der Waals surface area contributed by atoms with Gasteiger partial charge in [-0.05, 0) is 13.3 Å². The number of carboxylic acids is 1. The minimum Gasteiger partial charge on any atom is -0.481 e. The van der Waals surface area contributed by atoms with Crippen molar-refractivity contribution in [3.05, 3.63) is 28.2 Å². The Hall–Kier alpha value is -1.89. The molecule has 1 aliphatic rings. The lowest BCUT2D eigenvalue weighted by molar-refractivity contribution is -0.140. The van der Waals surface area contributed by atoms with Crippen molar-refractivity contribution in [3.8, 4) is 0 Å². The van der Waals surface area contributed by atoms with E-state index in [-0.39, 0.29) is 12.1 Å². The summed E-state index contributed by atoms with van der Waals surface area (Å²) in [6, 6.07) is -0.535. The molecule has 0 spiro atoms. The first-order chi connectivity index (χ1) is 9.04. The second-order valence-corrected chi connectivity index (χ2v) is 5.68. The smallest absolute Gasteiger partial charge is 0.315 e. The standard InChI is InChI=1S/C12H15N3O3S/c1-7-5-13-10(19-7)6-14-12(18)15-9-3-2-8(4-9)11(16)17/h2-3,5,8-9H,4,6H2,1H3,(H,16,17)(H2,14,15,18). The van der Waals surface area contributed by atoms with Gasteiger partial charge in [0.15, 0.2) is 0 Å². The van der Waals surface area contributed by atoms with Gasteiger partial charge in [0.25, 0.3) is 0 Å². The van der Waals surface area contributed by atoms with E-state index in [0.29, 0.717) is 13.0 Å². The molecular weight excluding hydrogens is 266 g/mol. The van der Waals surface area contributed by atoms with Crippen LogP contribution in [0.15, 0.2) is 18.3 Å². The fourth-order valence-corrected chi connectivity index (χ4v) is 2.57. The van der Waals surface area contributed by atoms with E-state index in [2.05, 4.69) is 15.6 Å². The van der Waals surface area contributed by atoms with Gasteiger partial charge in [-0.3, -0.25) is 4.79 Å². The van der Waals surface area contributed by atoms with Crippen LogP contribution in [-0.4, -0.2) is 28.1 Å². The lowest BCUT2D eigenvalue weighted by Gasteiger charge is -2.12. The molecule has 0 saturated heterocycles. The number of aryl methyl sites for hydroxylation is 1. The molecule has 0 saturated carbocycles. The summed E-state index contributed by atoms with van der Waals surface area (Å²) in [5.74, 6) is -1.37. The minimum absolute atomic E-state index is 0.223. The Balaban J connectivity index is 1.74. The summed E-state index contributed by atoms with van der Waals surface area (Å²) in [7, 11) is 0. The van der Waals surface area contributed by atoms with Crippen LogP contribution in [0.1, 0.15) is 16.3 Å². The Morgan fingerprint density at radius 3 is 2.89 bits per heavy atom. The monoisotopic (exact) mass is 281 g/mol. The molecule has 3 N–H and O–H groups in total. The zero-order chi connectivity index (χ0) is 13.8. The van der Waals surface area contributed by atoms with Crippen LogP contribution in [0.2, 0.25) is 0 Å².